The van der Waals surface area contributed by atoms with Crippen LogP contribution in [0.2, 0.25) is 0 Å². The number of para-hydroxylation sites is 1. The third-order valence-corrected chi connectivity index (χ3v) is 5.38. The van der Waals surface area contributed by atoms with Crippen molar-refractivity contribution in [2.45, 2.75) is 5.92 Å². The van der Waals surface area contributed by atoms with Crippen LogP contribution in [0.15, 0.2) is 115 Å². The highest BCUT2D eigenvalue weighted by Crippen LogP contribution is 2.26. The molecular weight excluding hydrogens is 396 g/mol. The lowest BCUT2D eigenvalue weighted by Gasteiger charge is -2.19. The van der Waals surface area contributed by atoms with Crippen molar-refractivity contribution in [3.63, 3.8) is 0 Å². The van der Waals surface area contributed by atoms with E-state index in [4.69, 9.17) is 0 Å². The lowest BCUT2D eigenvalue weighted by atomic mass is 9.90. The molecule has 0 fully saturated rings. The molecule has 0 aliphatic rings. The largest absolute Gasteiger partial charge is 0.325 e. The zero-order valence-corrected chi connectivity index (χ0v) is 17.8. The second kappa shape index (κ2) is 9.75. The second-order valence-corrected chi connectivity index (χ2v) is 7.52. The Bertz CT molecular complexity index is 1140. The quantitative estimate of drug-likeness (QED) is 0.433. The molecule has 0 atom stereocenters. The molecule has 1 N–H and O–H groups in total. The van der Waals surface area contributed by atoms with Crippen LogP contribution in [0.3, 0.4) is 0 Å². The van der Waals surface area contributed by atoms with E-state index in [2.05, 4.69) is 5.32 Å². The third kappa shape index (κ3) is 4.76. The average Bonchev–Trinajstić information content (AvgIpc) is 2.85. The van der Waals surface area contributed by atoms with Gasteiger partial charge in [0.2, 0.25) is 5.91 Å². The summed E-state index contributed by atoms with van der Waals surface area (Å²) in [4.78, 5) is 27.6. The van der Waals surface area contributed by atoms with Gasteiger partial charge in [-0.1, -0.05) is 78.9 Å². The molecule has 0 spiro atoms. The van der Waals surface area contributed by atoms with Gasteiger partial charge in [0.15, 0.2) is 0 Å². The number of rotatable bonds is 6. The van der Waals surface area contributed by atoms with Crippen LogP contribution in [0.1, 0.15) is 27.4 Å². The molecule has 32 heavy (non-hydrogen) atoms. The molecule has 4 rings (SSSR count). The van der Waals surface area contributed by atoms with Gasteiger partial charge < -0.3 is 10.2 Å². The molecule has 4 aromatic rings. The summed E-state index contributed by atoms with van der Waals surface area (Å²) in [6.07, 6.45) is 0. The van der Waals surface area contributed by atoms with Gasteiger partial charge in [0.1, 0.15) is 0 Å². The highest BCUT2D eigenvalue weighted by Gasteiger charge is 2.23. The number of nitrogens with zero attached hydrogens (tertiary/aromatic N) is 1. The second-order valence-electron chi connectivity index (χ2n) is 7.52. The van der Waals surface area contributed by atoms with Crippen LogP contribution < -0.4 is 10.2 Å². The number of nitrogens with one attached hydrogen (secondary N) is 1. The summed E-state index contributed by atoms with van der Waals surface area (Å²) in [5.41, 5.74) is 3.87. The zero-order chi connectivity index (χ0) is 22.3. The summed E-state index contributed by atoms with van der Waals surface area (Å²) in [5, 5.41) is 3.00. The minimum Gasteiger partial charge on any atom is -0.325 e. The number of benzene rings is 4. The van der Waals surface area contributed by atoms with Crippen molar-refractivity contribution in [3.05, 3.63) is 132 Å². The third-order valence-electron chi connectivity index (χ3n) is 5.38. The fourth-order valence-electron chi connectivity index (χ4n) is 3.66. The number of anilines is 2. The van der Waals surface area contributed by atoms with Crippen molar-refractivity contribution in [2.75, 3.05) is 17.3 Å². The molecule has 0 heterocycles. The van der Waals surface area contributed by atoms with Gasteiger partial charge in [0, 0.05) is 24.0 Å². The first-order chi connectivity index (χ1) is 15.6. The standard InChI is InChI=1S/C28H24N2O2/c1-30(25-15-9-4-10-16-25)28(32)23-17-19-24(20-18-23)29-27(31)26(21-11-5-2-6-12-21)22-13-7-3-8-14-22/h2-20,26H,1H3,(H,29,31). The van der Waals surface area contributed by atoms with Gasteiger partial charge in [-0.15, -0.1) is 0 Å². The van der Waals surface area contributed by atoms with Crippen LogP contribution in [-0.2, 0) is 4.79 Å². The van der Waals surface area contributed by atoms with Crippen LogP contribution in [0.5, 0.6) is 0 Å². The van der Waals surface area contributed by atoms with Crippen molar-refractivity contribution in [1.82, 2.24) is 0 Å². The van der Waals surface area contributed by atoms with E-state index in [1.807, 2.05) is 91.0 Å². The topological polar surface area (TPSA) is 49.4 Å². The summed E-state index contributed by atoms with van der Waals surface area (Å²) >= 11 is 0. The van der Waals surface area contributed by atoms with Crippen LogP contribution >= 0.6 is 0 Å². The highest BCUT2D eigenvalue weighted by molar-refractivity contribution is 6.06. The molecule has 0 radical (unpaired) electrons. The van der Waals surface area contributed by atoms with Crippen molar-refractivity contribution in [3.8, 4) is 0 Å². The predicted molar refractivity (Wildman–Crippen MR) is 129 cm³/mol. The van der Waals surface area contributed by atoms with E-state index in [0.29, 0.717) is 11.3 Å². The summed E-state index contributed by atoms with van der Waals surface area (Å²) in [7, 11) is 1.75. The van der Waals surface area contributed by atoms with E-state index in [1.165, 1.54) is 0 Å². The molecule has 4 heteroatoms. The Hall–Kier alpha value is -4.18. The summed E-state index contributed by atoms with van der Waals surface area (Å²) < 4.78 is 0. The van der Waals surface area contributed by atoms with E-state index in [1.54, 1.807) is 36.2 Å². The Morgan fingerprint density at radius 2 is 1.12 bits per heavy atom. The fourth-order valence-corrected chi connectivity index (χ4v) is 3.66. The van der Waals surface area contributed by atoms with E-state index in [0.717, 1.165) is 16.8 Å². The first-order valence-corrected chi connectivity index (χ1v) is 10.5. The fraction of sp³-hybridized carbons (Fsp3) is 0.0714. The van der Waals surface area contributed by atoms with Gasteiger partial charge in [0.25, 0.3) is 5.91 Å². The Balaban J connectivity index is 1.52. The first-order valence-electron chi connectivity index (χ1n) is 10.5. The predicted octanol–water partition coefficient (Wildman–Crippen LogP) is 5.73. The molecule has 0 aliphatic carbocycles. The minimum atomic E-state index is -0.428. The molecule has 0 saturated heterocycles. The number of hydrogen-bond acceptors (Lipinski definition) is 2. The molecule has 158 valence electrons. The Labute approximate surface area is 188 Å². The van der Waals surface area contributed by atoms with Crippen LogP contribution in [0, 0.1) is 0 Å². The summed E-state index contributed by atoms with van der Waals surface area (Å²) in [6.45, 7) is 0. The van der Waals surface area contributed by atoms with Gasteiger partial charge in [-0.05, 0) is 47.5 Å². The lowest BCUT2D eigenvalue weighted by molar-refractivity contribution is -0.116. The van der Waals surface area contributed by atoms with Gasteiger partial charge in [-0.2, -0.15) is 0 Å². The summed E-state index contributed by atoms with van der Waals surface area (Å²) in [5.74, 6) is -0.661. The number of amides is 2. The van der Waals surface area contributed by atoms with Gasteiger partial charge in [-0.3, -0.25) is 9.59 Å². The number of hydrogen-bond donors (Lipinski definition) is 1. The van der Waals surface area contributed by atoms with Crippen molar-refractivity contribution in [1.29, 1.82) is 0 Å². The van der Waals surface area contributed by atoms with Crippen LogP contribution in [0.25, 0.3) is 0 Å². The molecule has 4 nitrogen and oxygen atoms in total. The number of carbonyl (C=O) groups excluding carboxylic acids is 2. The van der Waals surface area contributed by atoms with Crippen LogP contribution in [-0.4, -0.2) is 18.9 Å². The average molecular weight is 421 g/mol. The summed E-state index contributed by atoms with van der Waals surface area (Å²) in [6, 6.07) is 35.9. The Morgan fingerprint density at radius 1 is 0.656 bits per heavy atom. The van der Waals surface area contributed by atoms with E-state index in [-0.39, 0.29) is 11.8 Å². The Morgan fingerprint density at radius 3 is 1.62 bits per heavy atom. The lowest BCUT2D eigenvalue weighted by Crippen LogP contribution is -2.26. The van der Waals surface area contributed by atoms with Gasteiger partial charge in [-0.25, -0.2) is 0 Å². The van der Waals surface area contributed by atoms with Crippen LogP contribution in [0.4, 0.5) is 11.4 Å². The monoisotopic (exact) mass is 420 g/mol. The van der Waals surface area contributed by atoms with Crippen molar-refractivity contribution >= 4 is 23.2 Å². The number of carbonyl (C=O) groups is 2. The molecule has 0 saturated carbocycles. The molecular formula is C28H24N2O2. The zero-order valence-electron chi connectivity index (χ0n) is 17.8. The molecule has 0 bridgehead atoms. The van der Waals surface area contributed by atoms with Gasteiger partial charge >= 0.3 is 0 Å². The minimum absolute atomic E-state index is 0.111. The van der Waals surface area contributed by atoms with E-state index >= 15 is 0 Å². The SMILES string of the molecule is CN(C(=O)c1ccc(NC(=O)C(c2ccccc2)c2ccccc2)cc1)c1ccccc1. The Kier molecular flexibility index (Phi) is 6.42. The first kappa shape index (κ1) is 21.1. The van der Waals surface area contributed by atoms with Gasteiger partial charge in [0.05, 0.1) is 5.92 Å². The maximum absolute atomic E-state index is 13.2. The van der Waals surface area contributed by atoms with E-state index in [9.17, 15) is 9.59 Å². The maximum atomic E-state index is 13.2. The smallest absolute Gasteiger partial charge is 0.258 e. The molecule has 4 aromatic carbocycles. The van der Waals surface area contributed by atoms with Crippen molar-refractivity contribution in [2.24, 2.45) is 0 Å². The molecule has 0 unspecified atom stereocenters. The maximum Gasteiger partial charge on any atom is 0.258 e. The normalized spacial score (nSPS) is 10.6. The molecule has 2 amide bonds. The molecule has 0 aliphatic heterocycles. The highest BCUT2D eigenvalue weighted by atomic mass is 16.2. The molecule has 0 aromatic heterocycles. The van der Waals surface area contributed by atoms with Crippen molar-refractivity contribution < 1.29 is 9.59 Å². The van der Waals surface area contributed by atoms with E-state index < -0.39 is 5.92 Å².